The van der Waals surface area contributed by atoms with Crippen LogP contribution in [0.1, 0.15) is 5.56 Å². The van der Waals surface area contributed by atoms with Crippen molar-refractivity contribution < 1.29 is 9.18 Å². The van der Waals surface area contributed by atoms with Gasteiger partial charge in [-0.1, -0.05) is 11.6 Å². The van der Waals surface area contributed by atoms with E-state index >= 15 is 0 Å². The summed E-state index contributed by atoms with van der Waals surface area (Å²) in [5.41, 5.74) is 7.93. The number of primary amides is 1. The third-order valence-corrected chi connectivity index (χ3v) is 4.40. The van der Waals surface area contributed by atoms with E-state index in [4.69, 9.17) is 17.3 Å². The highest BCUT2D eigenvalue weighted by molar-refractivity contribution is 6.30. The number of aromatic nitrogens is 5. The Kier molecular flexibility index (Phi) is 4.81. The number of hydrogen-bond donors (Lipinski definition) is 2. The number of hydrogen-bond acceptors (Lipinski definition) is 6. The molecular weight excluding hydrogens is 397 g/mol. The molecule has 0 saturated carbocycles. The Morgan fingerprint density at radius 1 is 1.31 bits per heavy atom. The number of rotatable bonds is 5. The van der Waals surface area contributed by atoms with E-state index in [0.717, 1.165) is 5.56 Å². The van der Waals surface area contributed by atoms with E-state index in [2.05, 4.69) is 25.4 Å². The highest BCUT2D eigenvalue weighted by atomic mass is 35.5. The van der Waals surface area contributed by atoms with Crippen molar-refractivity contribution in [2.75, 3.05) is 5.32 Å². The number of nitrogens with two attached hydrogens (primary N) is 1. The Bertz CT molecular complexity index is 1240. The number of halogens is 2. The second-order valence-corrected chi connectivity index (χ2v) is 6.80. The maximum atomic E-state index is 14.2. The van der Waals surface area contributed by atoms with Crippen molar-refractivity contribution in [3.8, 4) is 11.4 Å². The SMILES string of the molecule is Cc1cnc(-c2cc(Cl)ccc2F)nc1Nc1ccnc2cn(CC(N)=O)nc12. The fraction of sp³-hybridized carbons (Fsp3) is 0.105. The van der Waals surface area contributed by atoms with E-state index in [-0.39, 0.29) is 17.9 Å². The summed E-state index contributed by atoms with van der Waals surface area (Å²) in [6.07, 6.45) is 4.83. The number of benzene rings is 1. The van der Waals surface area contributed by atoms with E-state index in [9.17, 15) is 9.18 Å². The fourth-order valence-corrected chi connectivity index (χ4v) is 2.98. The Morgan fingerprint density at radius 2 is 2.14 bits per heavy atom. The lowest BCUT2D eigenvalue weighted by molar-refractivity contribution is -0.118. The molecule has 4 aromatic rings. The van der Waals surface area contributed by atoms with Crippen LogP contribution < -0.4 is 11.1 Å². The van der Waals surface area contributed by atoms with Crippen molar-refractivity contribution in [2.24, 2.45) is 5.73 Å². The molecule has 3 aromatic heterocycles. The second-order valence-electron chi connectivity index (χ2n) is 6.36. The lowest BCUT2D eigenvalue weighted by Gasteiger charge is -2.11. The smallest absolute Gasteiger partial charge is 0.239 e. The van der Waals surface area contributed by atoms with Crippen molar-refractivity contribution in [1.29, 1.82) is 0 Å². The highest BCUT2D eigenvalue weighted by Crippen LogP contribution is 2.28. The summed E-state index contributed by atoms with van der Waals surface area (Å²) in [6, 6.07) is 5.93. The number of fused-ring (bicyclic) bond motifs is 1. The minimum absolute atomic E-state index is 0.0550. The number of aryl methyl sites for hydroxylation is 1. The topological polar surface area (TPSA) is 112 Å². The summed E-state index contributed by atoms with van der Waals surface area (Å²) in [5.74, 6) is -0.304. The first-order valence-electron chi connectivity index (χ1n) is 8.57. The van der Waals surface area contributed by atoms with Crippen molar-refractivity contribution in [2.45, 2.75) is 13.5 Å². The van der Waals surface area contributed by atoms with Gasteiger partial charge in [0, 0.05) is 23.0 Å². The number of amides is 1. The summed E-state index contributed by atoms with van der Waals surface area (Å²) in [5, 5.41) is 7.93. The molecular formula is C19H15ClFN7O. The summed E-state index contributed by atoms with van der Waals surface area (Å²) in [4.78, 5) is 24.1. The van der Waals surface area contributed by atoms with Gasteiger partial charge >= 0.3 is 0 Å². The molecule has 0 aliphatic rings. The van der Waals surface area contributed by atoms with E-state index in [0.29, 0.717) is 27.6 Å². The summed E-state index contributed by atoms with van der Waals surface area (Å²) >= 11 is 5.98. The molecule has 4 rings (SSSR count). The number of pyridine rings is 1. The van der Waals surface area contributed by atoms with Crippen molar-refractivity contribution in [1.82, 2.24) is 24.7 Å². The van der Waals surface area contributed by atoms with Crippen LogP contribution in [0.5, 0.6) is 0 Å². The van der Waals surface area contributed by atoms with Gasteiger partial charge in [0.05, 0.1) is 17.4 Å². The van der Waals surface area contributed by atoms with Crippen LogP contribution in [-0.4, -0.2) is 30.6 Å². The maximum absolute atomic E-state index is 14.2. The summed E-state index contributed by atoms with van der Waals surface area (Å²) in [6.45, 7) is 1.77. The molecule has 0 bridgehead atoms. The van der Waals surface area contributed by atoms with Gasteiger partial charge in [-0.15, -0.1) is 0 Å². The monoisotopic (exact) mass is 411 g/mol. The zero-order valence-corrected chi connectivity index (χ0v) is 16.0. The molecule has 1 amide bonds. The summed E-state index contributed by atoms with van der Waals surface area (Å²) in [7, 11) is 0. The first kappa shape index (κ1) is 18.8. The molecule has 146 valence electrons. The van der Waals surface area contributed by atoms with Gasteiger partial charge in [0.2, 0.25) is 5.91 Å². The number of anilines is 2. The molecule has 3 heterocycles. The number of nitrogens with zero attached hydrogens (tertiary/aromatic N) is 5. The van der Waals surface area contributed by atoms with E-state index < -0.39 is 11.7 Å². The molecule has 3 N–H and O–H groups in total. The molecule has 0 atom stereocenters. The molecule has 29 heavy (non-hydrogen) atoms. The fourth-order valence-electron chi connectivity index (χ4n) is 2.80. The van der Waals surface area contributed by atoms with Crippen LogP contribution >= 0.6 is 11.6 Å². The van der Waals surface area contributed by atoms with Crippen molar-refractivity contribution >= 4 is 40.0 Å². The molecule has 8 nitrogen and oxygen atoms in total. The van der Waals surface area contributed by atoms with E-state index in [1.165, 1.54) is 22.9 Å². The zero-order chi connectivity index (χ0) is 20.5. The highest BCUT2D eigenvalue weighted by Gasteiger charge is 2.14. The Hall–Kier alpha value is -3.59. The van der Waals surface area contributed by atoms with Crippen LogP contribution in [0.15, 0.2) is 42.9 Å². The van der Waals surface area contributed by atoms with Gasteiger partial charge in [-0.05, 0) is 31.2 Å². The van der Waals surface area contributed by atoms with E-state index in [1.807, 2.05) is 6.92 Å². The van der Waals surface area contributed by atoms with Crippen molar-refractivity contribution in [3.63, 3.8) is 0 Å². The lowest BCUT2D eigenvalue weighted by Crippen LogP contribution is -2.18. The molecule has 10 heteroatoms. The number of nitrogens with one attached hydrogen (secondary N) is 1. The molecule has 1 aromatic carbocycles. The van der Waals surface area contributed by atoms with Crippen LogP contribution in [0, 0.1) is 12.7 Å². The average Bonchev–Trinajstić information content (AvgIpc) is 3.08. The molecule has 0 radical (unpaired) electrons. The lowest BCUT2D eigenvalue weighted by atomic mass is 10.2. The van der Waals surface area contributed by atoms with Gasteiger partial charge < -0.3 is 11.1 Å². The quantitative estimate of drug-likeness (QED) is 0.521. The molecule has 0 aliphatic heterocycles. The zero-order valence-electron chi connectivity index (χ0n) is 15.2. The predicted molar refractivity (Wildman–Crippen MR) is 107 cm³/mol. The van der Waals surface area contributed by atoms with Crippen LogP contribution in [0.4, 0.5) is 15.9 Å². The first-order valence-corrected chi connectivity index (χ1v) is 8.95. The minimum atomic E-state index is -0.507. The van der Waals surface area contributed by atoms with Gasteiger partial charge in [0.15, 0.2) is 5.82 Å². The molecule has 0 spiro atoms. The maximum Gasteiger partial charge on any atom is 0.239 e. The third kappa shape index (κ3) is 3.85. The van der Waals surface area contributed by atoms with Crippen LogP contribution in [0.3, 0.4) is 0 Å². The Morgan fingerprint density at radius 3 is 2.93 bits per heavy atom. The Labute approximate surface area is 169 Å². The van der Waals surface area contributed by atoms with Crippen LogP contribution in [0.2, 0.25) is 5.02 Å². The van der Waals surface area contributed by atoms with Gasteiger partial charge in [-0.25, -0.2) is 14.4 Å². The van der Waals surface area contributed by atoms with Gasteiger partial charge in [0.1, 0.15) is 29.2 Å². The minimum Gasteiger partial charge on any atom is -0.368 e. The van der Waals surface area contributed by atoms with Crippen molar-refractivity contribution in [3.05, 3.63) is 59.3 Å². The molecule has 0 fully saturated rings. The van der Waals surface area contributed by atoms with Crippen LogP contribution in [0.25, 0.3) is 22.4 Å². The Balaban J connectivity index is 1.74. The molecule has 0 aliphatic carbocycles. The first-order chi connectivity index (χ1) is 13.9. The standard InChI is InChI=1S/C19H15ClFN7O/c1-10-7-24-19(12-6-11(20)2-3-13(12)21)26-18(10)25-14-4-5-23-15-8-28(9-16(22)29)27-17(14)15/h2-8H,9H2,1H3,(H2,22,29)(H,24,25,26). The average molecular weight is 412 g/mol. The van der Waals surface area contributed by atoms with Gasteiger partial charge in [0.25, 0.3) is 0 Å². The normalized spacial score (nSPS) is 11.0. The van der Waals surface area contributed by atoms with E-state index in [1.54, 1.807) is 24.7 Å². The largest absolute Gasteiger partial charge is 0.368 e. The van der Waals surface area contributed by atoms with Crippen LogP contribution in [-0.2, 0) is 11.3 Å². The van der Waals surface area contributed by atoms with Gasteiger partial charge in [-0.3, -0.25) is 14.5 Å². The summed E-state index contributed by atoms with van der Waals surface area (Å²) < 4.78 is 15.6. The van der Waals surface area contributed by atoms with Gasteiger partial charge in [-0.2, -0.15) is 5.10 Å². The third-order valence-electron chi connectivity index (χ3n) is 4.16. The molecule has 0 saturated heterocycles. The second kappa shape index (κ2) is 7.44. The molecule has 0 unspecified atom stereocenters. The number of carbonyl (C=O) groups excluding carboxylic acids is 1. The number of carbonyl (C=O) groups is 1. The predicted octanol–water partition coefficient (Wildman–Crippen LogP) is 3.22.